The van der Waals surface area contributed by atoms with E-state index < -0.39 is 248 Å². The molecule has 0 saturated carbocycles. The normalized spacial score (nSPS) is 56.5. The summed E-state index contributed by atoms with van der Waals surface area (Å²) in [6, 6.07) is 0. The van der Waals surface area contributed by atoms with Gasteiger partial charge in [-0.25, -0.2) is 0 Å². The molecule has 21 aliphatic heterocycles. The molecule has 14 bridgehead atoms. The van der Waals surface area contributed by atoms with Gasteiger partial charge in [-0.05, 0) is 0 Å². The molecule has 0 amide bonds. The minimum absolute atomic E-state index is 1.05. The number of rotatable bonds is 5. The zero-order valence-corrected chi connectivity index (χ0v) is 39.0. The maximum Gasteiger partial charge on any atom is 0.221 e. The number of hydrogen-bond acceptors (Lipinski definition) is 35. The van der Waals surface area contributed by atoms with Crippen LogP contribution in [-0.4, -0.2) is 356 Å². The monoisotopic (exact) mass is 1110 g/mol. The minimum atomic E-state index is -3.10. The molecule has 75 heavy (non-hydrogen) atoms. The first-order valence-electron chi connectivity index (χ1n) is 23.6. The van der Waals surface area contributed by atoms with Crippen LogP contribution < -0.4 is 0 Å². The van der Waals surface area contributed by atoms with Gasteiger partial charge in [0.1, 0.15) is 160 Å². The van der Waals surface area contributed by atoms with Gasteiger partial charge in [-0.1, -0.05) is 0 Å². The highest BCUT2D eigenvalue weighted by Gasteiger charge is 2.61. The van der Waals surface area contributed by atoms with Crippen LogP contribution in [-0.2, 0) is 66.3 Å². The van der Waals surface area contributed by atoms with Gasteiger partial charge in [-0.3, -0.25) is 0 Å². The maximum atomic E-state index is 11.3. The molecule has 21 fully saturated rings. The van der Waals surface area contributed by atoms with Crippen molar-refractivity contribution in [1.82, 2.24) is 0 Å². The Labute approximate surface area is 421 Å². The smallest absolute Gasteiger partial charge is 0.221 e. The van der Waals surface area contributed by atoms with Crippen molar-refractivity contribution >= 4 is 0 Å². The average Bonchev–Trinajstić information content (AvgIpc) is 3.40. The second kappa shape index (κ2) is 24.0. The van der Waals surface area contributed by atoms with Crippen molar-refractivity contribution in [3.8, 4) is 0 Å². The summed E-state index contributed by atoms with van der Waals surface area (Å²) >= 11 is 0. The quantitative estimate of drug-likeness (QED) is 0.122. The number of aliphatic hydroxyl groups is 21. The van der Waals surface area contributed by atoms with Crippen molar-refractivity contribution in [2.45, 2.75) is 202 Å². The van der Waals surface area contributed by atoms with Crippen molar-refractivity contribution in [3.63, 3.8) is 0 Å². The second-order valence-electron chi connectivity index (χ2n) is 19.2. The maximum absolute atomic E-state index is 11.3. The zero-order valence-electron chi connectivity index (χ0n) is 39.0. The molecule has 21 heterocycles. The highest BCUT2D eigenvalue weighted by Crippen LogP contribution is 2.39. The lowest BCUT2D eigenvalue weighted by molar-refractivity contribution is -0.452. The summed E-state index contributed by atoms with van der Waals surface area (Å²) in [5.74, 6) is -6.16. The average molecular weight is 1110 g/mol. The van der Waals surface area contributed by atoms with Gasteiger partial charge < -0.3 is 174 Å². The summed E-state index contributed by atoms with van der Waals surface area (Å²) in [4.78, 5) is 0. The molecular formula is C40H66O35. The third-order valence-corrected chi connectivity index (χ3v) is 14.2. The lowest BCUT2D eigenvalue weighted by Gasteiger charge is -2.50. The van der Waals surface area contributed by atoms with E-state index in [1.54, 1.807) is 0 Å². The van der Waals surface area contributed by atoms with Gasteiger partial charge in [0.2, 0.25) is 11.6 Å². The van der Waals surface area contributed by atoms with Crippen LogP contribution in [0.5, 0.6) is 0 Å². The fourth-order valence-corrected chi connectivity index (χ4v) is 9.86. The van der Waals surface area contributed by atoms with E-state index in [9.17, 15) is 107 Å². The summed E-state index contributed by atoms with van der Waals surface area (Å²) < 4.78 is 77.6. The highest BCUT2D eigenvalue weighted by atomic mass is 16.8. The van der Waals surface area contributed by atoms with Crippen LogP contribution in [0.1, 0.15) is 0 Å². The predicted molar refractivity (Wildman–Crippen MR) is 219 cm³/mol. The standard InChI is InChI=1S/C40H66O35/c41-1-8-25-13(46)18(51)34(64-8)70-26-9(2-42)65-35(19(52)14(26)47)71-27-10(3-43)66-36(20(53)15(27)48)72-28-11(4-44)67-37(21(54)16(28)49)73-29-12(5-45)68-38(22(55)17(29)50)75-40(61)7-63-33(24(57)31(40)59)74-39(60)6-62-32(69-25)23(56)30(39)58/h8-38,41-61H,1-7H2/t8?,9?,10?,11?,12?,13-,14?,15?,16?,17?,18?,19-,20-,21-,22-,23?,24?,25+,26+,27+,28+,29+,30-,31-,32+,33+,34+,35+,36+,37+,38+,39-,40-/m1/s1. The van der Waals surface area contributed by atoms with Crippen LogP contribution in [0.4, 0.5) is 0 Å². The first kappa shape index (κ1) is 59.7. The van der Waals surface area contributed by atoms with E-state index >= 15 is 0 Å². The molecule has 21 rings (SSSR count). The molecule has 0 spiro atoms. The summed E-state index contributed by atoms with van der Waals surface area (Å²) in [7, 11) is 0. The van der Waals surface area contributed by atoms with Crippen molar-refractivity contribution in [2.24, 2.45) is 0 Å². The molecule has 21 N–H and O–H groups in total. The lowest BCUT2D eigenvalue weighted by atomic mass is 9.95. The molecule has 21 aliphatic rings. The van der Waals surface area contributed by atoms with Crippen LogP contribution in [0.15, 0.2) is 0 Å². The van der Waals surface area contributed by atoms with Gasteiger partial charge in [0.05, 0.1) is 33.0 Å². The molecule has 12 unspecified atom stereocenters. The Hall–Kier alpha value is -1.40. The zero-order chi connectivity index (χ0) is 54.7. The Kier molecular flexibility index (Phi) is 19.1. The largest absolute Gasteiger partial charge is 0.394 e. The summed E-state index contributed by atoms with van der Waals surface area (Å²) in [5.41, 5.74) is 0. The molecule has 33 atom stereocenters. The molecule has 0 aromatic rings. The van der Waals surface area contributed by atoms with Crippen LogP contribution in [0.2, 0.25) is 0 Å². The fraction of sp³-hybridized carbons (Fsp3) is 1.00. The van der Waals surface area contributed by atoms with E-state index in [4.69, 9.17) is 66.3 Å². The Bertz CT molecular complexity index is 1820. The van der Waals surface area contributed by atoms with Gasteiger partial charge in [0, 0.05) is 0 Å². The number of aliphatic hydroxyl groups excluding tert-OH is 19. The van der Waals surface area contributed by atoms with E-state index in [0.717, 1.165) is 0 Å². The van der Waals surface area contributed by atoms with Crippen molar-refractivity contribution in [3.05, 3.63) is 0 Å². The summed E-state index contributed by atoms with van der Waals surface area (Å²) in [6.45, 7) is -7.70. The SMILES string of the molecule is OCC1O[C@H]2O[C@H]3C(CO)O[C@@H](O[C@H]4C(CO)O[C@@H](O[C@H]5C(CO)O[C@@H](O[C@]6(O)CO[C@@H](O[C@]7(O)CO[C@@H](O[C@H]8C(CO)O[C@@H](O[C@@H]1C(O)[C@H]2O)C(O)[C@H]8O)C(O)[C@H]7O)C(O)[C@H]6O)[C@H](O)C5O)[C@H](O)C4O)[C@H](O)C3O. The van der Waals surface area contributed by atoms with Gasteiger partial charge in [-0.15, -0.1) is 0 Å². The molecule has 436 valence electrons. The van der Waals surface area contributed by atoms with E-state index in [1.165, 1.54) is 0 Å². The van der Waals surface area contributed by atoms with Crippen molar-refractivity contribution < 1.29 is 174 Å². The number of hydrogen-bond donors (Lipinski definition) is 21. The Morgan fingerprint density at radius 1 is 0.267 bits per heavy atom. The van der Waals surface area contributed by atoms with E-state index in [0.29, 0.717) is 0 Å². The van der Waals surface area contributed by atoms with Gasteiger partial charge >= 0.3 is 0 Å². The molecule has 35 heteroatoms. The lowest BCUT2D eigenvalue weighted by Crippen LogP contribution is -2.70. The summed E-state index contributed by atoms with van der Waals surface area (Å²) in [5, 5.41) is 230. The topological polar surface area (TPSA) is 554 Å². The van der Waals surface area contributed by atoms with E-state index in [2.05, 4.69) is 0 Å². The third kappa shape index (κ3) is 11.3. The third-order valence-electron chi connectivity index (χ3n) is 14.2. The van der Waals surface area contributed by atoms with Crippen LogP contribution in [0, 0.1) is 0 Å². The van der Waals surface area contributed by atoms with Crippen molar-refractivity contribution in [2.75, 3.05) is 46.2 Å². The van der Waals surface area contributed by atoms with Gasteiger partial charge in [0.15, 0.2) is 44.0 Å². The van der Waals surface area contributed by atoms with Crippen LogP contribution in [0.3, 0.4) is 0 Å². The first-order chi connectivity index (χ1) is 35.4. The van der Waals surface area contributed by atoms with Crippen molar-refractivity contribution in [1.29, 1.82) is 0 Å². The molecule has 35 nitrogen and oxygen atoms in total. The van der Waals surface area contributed by atoms with Crippen LogP contribution in [0.25, 0.3) is 0 Å². The van der Waals surface area contributed by atoms with Crippen LogP contribution >= 0.6 is 0 Å². The Morgan fingerprint density at radius 2 is 0.493 bits per heavy atom. The minimum Gasteiger partial charge on any atom is -0.394 e. The molecule has 0 aromatic heterocycles. The Morgan fingerprint density at radius 3 is 0.787 bits per heavy atom. The van der Waals surface area contributed by atoms with Gasteiger partial charge in [-0.2, -0.15) is 0 Å². The molecule has 0 radical (unpaired) electrons. The fourth-order valence-electron chi connectivity index (χ4n) is 9.86. The van der Waals surface area contributed by atoms with Gasteiger partial charge in [0.25, 0.3) is 0 Å². The van der Waals surface area contributed by atoms with E-state index in [1.807, 2.05) is 0 Å². The molecular weight excluding hydrogens is 1040 g/mol. The highest BCUT2D eigenvalue weighted by molar-refractivity contribution is 5.01. The number of ether oxygens (including phenoxy) is 14. The van der Waals surface area contributed by atoms with E-state index in [-0.39, 0.29) is 0 Å². The molecule has 0 aliphatic carbocycles. The Balaban J connectivity index is 1.06. The predicted octanol–water partition coefficient (Wildman–Crippen LogP) is -15.3. The molecule has 21 saturated heterocycles. The second-order valence-corrected chi connectivity index (χ2v) is 19.2. The summed E-state index contributed by atoms with van der Waals surface area (Å²) in [6.07, 6.45) is -64.8. The first-order valence-corrected chi connectivity index (χ1v) is 23.6. The molecule has 0 aromatic carbocycles.